The van der Waals surface area contributed by atoms with Crippen LogP contribution in [0.3, 0.4) is 0 Å². The Kier molecular flexibility index (Phi) is 12.0. The standard InChI is InChI=1S/C42H48N6O9/c1-6-42(56)29-20-32-37-27(21-48(32)40(54)28(29)22-57-41(42)55)25-12-10-13-26-30(16-17-31(44-37)35(25)26)45-38(52)24(4)43-39(53)36(23(2)3)46-33(50)14-8-7-9-18-47(5)34(51)15-11-19-49/h11,15-17,19-20,23-24,36,56H,5-10,12-14,18,21-22H2,1-4H3,(H2-,43,45,46,50,52,53,54)/p+2/b15-11-/t24-,36-,42-/m0/s1. The monoisotopic (exact) mass is 782 g/mol. The van der Waals surface area contributed by atoms with E-state index in [0.717, 1.165) is 47.1 Å². The first-order chi connectivity index (χ1) is 27.2. The molecular weight excluding hydrogens is 732 g/mol. The SMILES string of the molecule is C=[N+](CCCCCC(=O)N[C@H](C(=O)N[C@@H](C)C(=O)Nc1ccc2nc3c(c4c2c1CCC4)Cn1c-3cc2c(c1=O)COC(=[OH+])[C@]2(O)CC)C(C)C)C(=O)/C=C\C=O. The summed E-state index contributed by atoms with van der Waals surface area (Å²) in [6, 6.07) is 3.57. The summed E-state index contributed by atoms with van der Waals surface area (Å²) in [6.45, 7) is 11.1. The van der Waals surface area contributed by atoms with E-state index in [0.29, 0.717) is 78.8 Å². The molecule has 0 saturated heterocycles. The molecule has 5 N–H and O–H groups in total. The molecule has 1 aliphatic carbocycles. The number of pyridine rings is 2. The Morgan fingerprint density at radius 2 is 1.82 bits per heavy atom. The number of amides is 4. The van der Waals surface area contributed by atoms with Crippen LogP contribution in [0.1, 0.15) is 94.0 Å². The van der Waals surface area contributed by atoms with Gasteiger partial charge in [0.1, 0.15) is 25.1 Å². The third-order valence-electron chi connectivity index (χ3n) is 11.2. The zero-order valence-electron chi connectivity index (χ0n) is 32.8. The van der Waals surface area contributed by atoms with Gasteiger partial charge < -0.3 is 35.2 Å². The first-order valence-corrected chi connectivity index (χ1v) is 19.5. The van der Waals surface area contributed by atoms with E-state index in [1.807, 2.05) is 19.9 Å². The van der Waals surface area contributed by atoms with Crippen molar-refractivity contribution >= 4 is 59.2 Å². The molecule has 3 atom stereocenters. The minimum Gasteiger partial charge on any atom is -0.370 e. The van der Waals surface area contributed by atoms with Crippen LogP contribution in [-0.2, 0) is 60.3 Å². The molecule has 0 spiro atoms. The molecule has 0 radical (unpaired) electrons. The number of nitrogens with zero attached hydrogens (tertiary/aromatic N) is 3. The highest BCUT2D eigenvalue weighted by Gasteiger charge is 2.51. The number of aromatic nitrogens is 2. The predicted molar refractivity (Wildman–Crippen MR) is 212 cm³/mol. The van der Waals surface area contributed by atoms with Crippen LogP contribution in [0.4, 0.5) is 5.69 Å². The molecule has 3 aromatic rings. The van der Waals surface area contributed by atoms with E-state index in [1.54, 1.807) is 30.5 Å². The van der Waals surface area contributed by atoms with Gasteiger partial charge in [0.05, 0.1) is 35.1 Å². The van der Waals surface area contributed by atoms with Gasteiger partial charge in [-0.2, -0.15) is 4.58 Å². The first-order valence-electron chi connectivity index (χ1n) is 19.5. The third-order valence-corrected chi connectivity index (χ3v) is 11.2. The summed E-state index contributed by atoms with van der Waals surface area (Å²) >= 11 is 0. The molecule has 0 bridgehead atoms. The molecule has 0 fully saturated rings. The normalized spacial score (nSPS) is 17.6. The molecule has 3 aliphatic rings. The highest BCUT2D eigenvalue weighted by atomic mass is 16.6. The summed E-state index contributed by atoms with van der Waals surface area (Å²) in [5.41, 5.74) is 3.91. The number of esters is 1. The zero-order valence-corrected chi connectivity index (χ0v) is 32.8. The largest absolute Gasteiger partial charge is 0.521 e. The lowest BCUT2D eigenvalue weighted by Gasteiger charge is -2.26. The summed E-state index contributed by atoms with van der Waals surface area (Å²) in [7, 11) is 0. The first kappa shape index (κ1) is 40.8. The molecule has 0 saturated carbocycles. The van der Waals surface area contributed by atoms with Gasteiger partial charge in [0.25, 0.3) is 5.56 Å². The zero-order chi connectivity index (χ0) is 41.2. The molecule has 15 heteroatoms. The minimum atomic E-state index is -1.81. The van der Waals surface area contributed by atoms with Crippen molar-refractivity contribution in [2.75, 3.05) is 11.9 Å². The molecule has 6 rings (SSSR count). The van der Waals surface area contributed by atoms with Gasteiger partial charge in [-0.3, -0.25) is 24.0 Å². The Morgan fingerprint density at radius 3 is 2.54 bits per heavy atom. The fraction of sp³-hybridized carbons (Fsp3) is 0.452. The quantitative estimate of drug-likeness (QED) is 0.0265. The van der Waals surface area contributed by atoms with E-state index in [-0.39, 0.29) is 42.7 Å². The molecular formula is C42H50N6O9+2. The highest BCUT2D eigenvalue weighted by Crippen LogP contribution is 2.43. The van der Waals surface area contributed by atoms with Crippen molar-refractivity contribution in [2.24, 2.45) is 5.92 Å². The Hall–Kier alpha value is -5.83. The number of carbonyl (C=O) groups is 5. The Balaban J connectivity index is 1.12. The van der Waals surface area contributed by atoms with Crippen molar-refractivity contribution in [3.8, 4) is 11.4 Å². The summed E-state index contributed by atoms with van der Waals surface area (Å²) in [5.74, 6) is -2.37. The highest BCUT2D eigenvalue weighted by molar-refractivity contribution is 6.02. The molecule has 15 nitrogen and oxygen atoms in total. The molecule has 300 valence electrons. The van der Waals surface area contributed by atoms with Gasteiger partial charge in [0.15, 0.2) is 6.54 Å². The van der Waals surface area contributed by atoms with Gasteiger partial charge in [0.2, 0.25) is 29.9 Å². The van der Waals surface area contributed by atoms with Gasteiger partial charge >= 0.3 is 11.9 Å². The van der Waals surface area contributed by atoms with Crippen molar-refractivity contribution < 1.29 is 43.2 Å². The van der Waals surface area contributed by atoms with E-state index < -0.39 is 35.5 Å². The summed E-state index contributed by atoms with van der Waals surface area (Å²) in [6.07, 6.45) is 7.09. The number of aldehydes is 1. The van der Waals surface area contributed by atoms with Crippen LogP contribution in [0.25, 0.3) is 22.3 Å². The maximum atomic E-state index is 13.8. The number of rotatable bonds is 15. The number of hydrogen-bond acceptors (Lipinski definition) is 9. The molecule has 4 heterocycles. The van der Waals surface area contributed by atoms with Crippen LogP contribution in [-0.4, -0.2) is 85.3 Å². The second-order valence-corrected chi connectivity index (χ2v) is 15.3. The number of aliphatic hydroxyl groups is 1. The Morgan fingerprint density at radius 1 is 1.07 bits per heavy atom. The maximum absolute atomic E-state index is 13.8. The summed E-state index contributed by atoms with van der Waals surface area (Å²) in [5, 5.41) is 20.8. The van der Waals surface area contributed by atoms with Crippen LogP contribution in [0.5, 0.6) is 0 Å². The van der Waals surface area contributed by atoms with E-state index in [4.69, 9.17) is 9.72 Å². The van der Waals surface area contributed by atoms with Crippen molar-refractivity contribution in [3.05, 3.63) is 68.5 Å². The van der Waals surface area contributed by atoms with E-state index in [1.165, 1.54) is 4.58 Å². The fourth-order valence-corrected chi connectivity index (χ4v) is 7.94. The second-order valence-electron chi connectivity index (χ2n) is 15.3. The van der Waals surface area contributed by atoms with Gasteiger partial charge in [-0.25, -0.2) is 9.78 Å². The number of ether oxygens (including phenoxy) is 1. The van der Waals surface area contributed by atoms with Gasteiger partial charge in [-0.05, 0) is 86.8 Å². The number of nitrogens with one attached hydrogen (secondary N) is 3. The van der Waals surface area contributed by atoms with Crippen molar-refractivity contribution in [2.45, 2.75) is 110 Å². The number of hydrogen-bond donors (Lipinski definition) is 4. The van der Waals surface area contributed by atoms with E-state index in [9.17, 15) is 38.7 Å². The predicted octanol–water partition coefficient (Wildman–Crippen LogP) is 2.68. The van der Waals surface area contributed by atoms with E-state index >= 15 is 0 Å². The molecule has 4 amide bonds. The number of benzene rings is 1. The lowest BCUT2D eigenvalue weighted by Crippen LogP contribution is -2.53. The van der Waals surface area contributed by atoms with Crippen LogP contribution in [0, 0.1) is 5.92 Å². The minimum absolute atomic E-state index is 0.113. The van der Waals surface area contributed by atoms with E-state index in [2.05, 4.69) is 22.7 Å². The van der Waals surface area contributed by atoms with Crippen molar-refractivity contribution in [1.29, 1.82) is 0 Å². The summed E-state index contributed by atoms with van der Waals surface area (Å²) in [4.78, 5) is 91.1. The number of fused-ring (bicyclic) bond motifs is 5. The number of aryl methyl sites for hydroxylation is 2. The number of unbranched alkanes of at least 4 members (excludes halogenated alkanes) is 2. The Bertz CT molecular complexity index is 2290. The second kappa shape index (κ2) is 16.7. The lowest BCUT2D eigenvalue weighted by molar-refractivity contribution is -0.436. The third kappa shape index (κ3) is 7.93. The van der Waals surface area contributed by atoms with Crippen LogP contribution in [0.15, 0.2) is 35.1 Å². The number of cyclic esters (lactones) is 1. The van der Waals surface area contributed by atoms with Crippen LogP contribution in [0.2, 0.25) is 0 Å². The van der Waals surface area contributed by atoms with Gasteiger partial charge in [0, 0.05) is 35.0 Å². The molecule has 2 aromatic heterocycles. The van der Waals surface area contributed by atoms with Gasteiger partial charge in [-0.1, -0.05) is 20.8 Å². The summed E-state index contributed by atoms with van der Waals surface area (Å²) < 4.78 is 8.21. The van der Waals surface area contributed by atoms with Crippen LogP contribution >= 0.6 is 0 Å². The topological polar surface area (TPSA) is 210 Å². The number of anilines is 1. The van der Waals surface area contributed by atoms with Crippen LogP contribution < -0.4 is 21.5 Å². The molecule has 1 aromatic carbocycles. The molecule has 57 heavy (non-hydrogen) atoms. The molecule has 2 aliphatic heterocycles. The average Bonchev–Trinajstić information content (AvgIpc) is 3.57. The maximum Gasteiger partial charge on any atom is 0.521 e. The Labute approximate surface area is 329 Å². The van der Waals surface area contributed by atoms with Gasteiger partial charge in [-0.15, -0.1) is 0 Å². The van der Waals surface area contributed by atoms with Crippen molar-refractivity contribution in [1.82, 2.24) is 20.2 Å². The lowest BCUT2D eigenvalue weighted by atomic mass is 9.85. The average molecular weight is 783 g/mol. The fourth-order valence-electron chi connectivity index (χ4n) is 7.94. The number of allylic oxidation sites excluding steroid dienone is 1. The van der Waals surface area contributed by atoms with Crippen molar-refractivity contribution in [3.63, 3.8) is 0 Å². The molecule has 0 unspecified atom stereocenters. The smallest absolute Gasteiger partial charge is 0.370 e. The number of carbonyl (C=O) groups excluding carboxylic acids is 6.